The van der Waals surface area contributed by atoms with Crippen LogP contribution in [0.3, 0.4) is 0 Å². The van der Waals surface area contributed by atoms with Crippen molar-refractivity contribution in [1.29, 1.82) is 0 Å². The van der Waals surface area contributed by atoms with Crippen LogP contribution in [0.4, 0.5) is 0 Å². The van der Waals surface area contributed by atoms with Crippen molar-refractivity contribution in [3.05, 3.63) is 36.2 Å². The van der Waals surface area contributed by atoms with Crippen LogP contribution in [0.15, 0.2) is 30.6 Å². The van der Waals surface area contributed by atoms with Crippen molar-refractivity contribution >= 4 is 24.9 Å². The van der Waals surface area contributed by atoms with Crippen LogP contribution in [-0.4, -0.2) is 23.9 Å². The van der Waals surface area contributed by atoms with E-state index in [1.54, 1.807) is 24.4 Å². The summed E-state index contributed by atoms with van der Waals surface area (Å²) in [5.41, 5.74) is 1.66. The van der Waals surface area contributed by atoms with Crippen LogP contribution in [0.2, 0.25) is 0 Å². The van der Waals surface area contributed by atoms with Crippen molar-refractivity contribution in [3.8, 4) is 0 Å². The van der Waals surface area contributed by atoms with Crippen LogP contribution in [-0.2, 0) is 0 Å². The van der Waals surface area contributed by atoms with E-state index in [0.29, 0.717) is 16.6 Å². The van der Waals surface area contributed by atoms with E-state index in [1.807, 2.05) is 0 Å². The predicted molar refractivity (Wildman–Crippen MR) is 52.8 cm³/mol. The summed E-state index contributed by atoms with van der Waals surface area (Å²) in [7, 11) is 5.05. The Kier molecular flexibility index (Phi) is 2.14. The standard InChI is InChI=1S/C9H6BN3O/c10-13-9(14)6-2-1-3-7-8(6)12-5-4-11-7/h1-5H,(H,13,14). The summed E-state index contributed by atoms with van der Waals surface area (Å²) in [5, 5.41) is 2.07. The van der Waals surface area contributed by atoms with Gasteiger partial charge < -0.3 is 5.23 Å². The topological polar surface area (TPSA) is 54.9 Å². The number of para-hydroxylation sites is 1. The van der Waals surface area contributed by atoms with Crippen LogP contribution in [0, 0.1) is 0 Å². The molecule has 0 spiro atoms. The molecule has 0 aliphatic carbocycles. The molecule has 0 aliphatic rings. The van der Waals surface area contributed by atoms with Gasteiger partial charge in [0.15, 0.2) is 0 Å². The Morgan fingerprint density at radius 3 is 2.86 bits per heavy atom. The lowest BCUT2D eigenvalue weighted by atomic mass is 10.1. The van der Waals surface area contributed by atoms with E-state index in [9.17, 15) is 4.79 Å². The number of nitrogens with one attached hydrogen (secondary N) is 1. The fraction of sp³-hybridized carbons (Fsp3) is 0. The van der Waals surface area contributed by atoms with Crippen molar-refractivity contribution in [2.24, 2.45) is 0 Å². The Bertz CT molecular complexity index is 481. The number of hydrogen-bond donors (Lipinski definition) is 1. The SMILES string of the molecule is [B]NC(=O)c1cccc2nccnc12. The third-order valence-corrected chi connectivity index (χ3v) is 1.87. The van der Waals surface area contributed by atoms with E-state index in [2.05, 4.69) is 15.2 Å². The molecule has 0 saturated heterocycles. The lowest BCUT2D eigenvalue weighted by Crippen LogP contribution is -2.20. The molecule has 1 aromatic heterocycles. The van der Waals surface area contributed by atoms with Crippen LogP contribution in [0.5, 0.6) is 0 Å². The Morgan fingerprint density at radius 2 is 2.07 bits per heavy atom. The third-order valence-electron chi connectivity index (χ3n) is 1.87. The Hall–Kier alpha value is -1.91. The van der Waals surface area contributed by atoms with E-state index in [0.717, 1.165) is 0 Å². The molecule has 1 N–H and O–H groups in total. The van der Waals surface area contributed by atoms with Gasteiger partial charge in [0.2, 0.25) is 13.9 Å². The van der Waals surface area contributed by atoms with Gasteiger partial charge >= 0.3 is 0 Å². The van der Waals surface area contributed by atoms with Gasteiger partial charge in [-0.1, -0.05) is 6.07 Å². The number of aromatic nitrogens is 2. The van der Waals surface area contributed by atoms with Crippen LogP contribution < -0.4 is 5.23 Å². The van der Waals surface area contributed by atoms with Gasteiger partial charge in [-0.25, -0.2) is 0 Å². The van der Waals surface area contributed by atoms with Crippen molar-refractivity contribution < 1.29 is 4.79 Å². The molecule has 1 amide bonds. The number of rotatable bonds is 1. The highest BCUT2D eigenvalue weighted by molar-refractivity contribution is 6.20. The first kappa shape index (κ1) is 8.68. The lowest BCUT2D eigenvalue weighted by molar-refractivity contribution is 0.0983. The summed E-state index contributed by atoms with van der Waals surface area (Å²) < 4.78 is 0. The molecule has 5 heteroatoms. The first-order valence-corrected chi connectivity index (χ1v) is 4.03. The zero-order chi connectivity index (χ0) is 9.97. The van der Waals surface area contributed by atoms with E-state index in [4.69, 9.17) is 7.98 Å². The maximum absolute atomic E-state index is 11.3. The van der Waals surface area contributed by atoms with Crippen molar-refractivity contribution in [3.63, 3.8) is 0 Å². The number of amides is 1. The van der Waals surface area contributed by atoms with Crippen molar-refractivity contribution in [2.45, 2.75) is 0 Å². The smallest absolute Gasteiger partial charge is 0.240 e. The van der Waals surface area contributed by atoms with Crippen LogP contribution in [0.25, 0.3) is 11.0 Å². The van der Waals surface area contributed by atoms with Crippen LogP contribution >= 0.6 is 0 Å². The summed E-state index contributed by atoms with van der Waals surface area (Å²) in [5.74, 6) is -0.365. The largest absolute Gasteiger partial charge is 0.405 e. The van der Waals surface area contributed by atoms with Gasteiger partial charge in [0.05, 0.1) is 11.1 Å². The minimum Gasteiger partial charge on any atom is -0.405 e. The first-order chi connectivity index (χ1) is 6.83. The quantitative estimate of drug-likeness (QED) is 0.652. The molecule has 2 radical (unpaired) electrons. The number of carbonyl (C=O) groups excluding carboxylic acids is 1. The maximum Gasteiger partial charge on any atom is 0.240 e. The molecule has 0 aliphatic heterocycles. The zero-order valence-electron chi connectivity index (χ0n) is 7.27. The molecule has 2 aromatic rings. The molecule has 0 bridgehead atoms. The number of hydrogen-bond acceptors (Lipinski definition) is 3. The second-order valence-electron chi connectivity index (χ2n) is 2.70. The molecular weight excluding hydrogens is 177 g/mol. The second kappa shape index (κ2) is 3.45. The van der Waals surface area contributed by atoms with Gasteiger partial charge in [-0.3, -0.25) is 14.8 Å². The van der Waals surface area contributed by atoms with E-state index in [1.165, 1.54) is 6.20 Å². The fourth-order valence-electron chi connectivity index (χ4n) is 1.25. The average molecular weight is 183 g/mol. The minimum absolute atomic E-state index is 0.365. The minimum atomic E-state index is -0.365. The summed E-state index contributed by atoms with van der Waals surface area (Å²) >= 11 is 0. The second-order valence-corrected chi connectivity index (χ2v) is 2.70. The predicted octanol–water partition coefficient (Wildman–Crippen LogP) is 0.443. The molecule has 0 saturated carbocycles. The molecule has 0 fully saturated rings. The molecule has 0 atom stereocenters. The Labute approximate surface area is 81.8 Å². The van der Waals surface area contributed by atoms with Crippen molar-refractivity contribution in [1.82, 2.24) is 15.2 Å². The Balaban J connectivity index is 2.71. The summed E-state index contributed by atoms with van der Waals surface area (Å²) in [6, 6.07) is 5.18. The highest BCUT2D eigenvalue weighted by atomic mass is 16.1. The highest BCUT2D eigenvalue weighted by Gasteiger charge is 2.08. The summed E-state index contributed by atoms with van der Waals surface area (Å²) in [6.07, 6.45) is 3.11. The van der Waals surface area contributed by atoms with Crippen LogP contribution in [0.1, 0.15) is 10.4 Å². The zero-order valence-corrected chi connectivity index (χ0v) is 7.27. The molecule has 2 rings (SSSR count). The number of benzene rings is 1. The number of carbonyl (C=O) groups is 1. The van der Waals surface area contributed by atoms with E-state index >= 15 is 0 Å². The number of fused-ring (bicyclic) bond motifs is 1. The van der Waals surface area contributed by atoms with Gasteiger partial charge in [-0.05, 0) is 12.1 Å². The van der Waals surface area contributed by atoms with Gasteiger partial charge in [0.1, 0.15) is 5.52 Å². The van der Waals surface area contributed by atoms with Gasteiger partial charge in [-0.15, -0.1) is 0 Å². The molecule has 66 valence electrons. The molecule has 4 nitrogen and oxygen atoms in total. The summed E-state index contributed by atoms with van der Waals surface area (Å²) in [4.78, 5) is 19.5. The number of nitrogens with zero attached hydrogens (tertiary/aromatic N) is 2. The average Bonchev–Trinajstić information content (AvgIpc) is 2.27. The lowest BCUT2D eigenvalue weighted by Gasteiger charge is -2.02. The fourth-order valence-corrected chi connectivity index (χ4v) is 1.25. The van der Waals surface area contributed by atoms with Gasteiger partial charge in [-0.2, -0.15) is 0 Å². The molecule has 1 heterocycles. The molecular formula is C9H6BN3O. The first-order valence-electron chi connectivity index (χ1n) is 4.03. The summed E-state index contributed by atoms with van der Waals surface area (Å²) in [6.45, 7) is 0. The molecule has 14 heavy (non-hydrogen) atoms. The molecule has 1 aromatic carbocycles. The molecule has 0 unspecified atom stereocenters. The highest BCUT2D eigenvalue weighted by Crippen LogP contribution is 2.12. The monoisotopic (exact) mass is 183 g/mol. The van der Waals surface area contributed by atoms with Gasteiger partial charge in [0, 0.05) is 12.4 Å². The normalized spacial score (nSPS) is 10.0. The third kappa shape index (κ3) is 1.33. The van der Waals surface area contributed by atoms with Gasteiger partial charge in [0.25, 0.3) is 0 Å². The van der Waals surface area contributed by atoms with E-state index < -0.39 is 0 Å². The van der Waals surface area contributed by atoms with E-state index in [-0.39, 0.29) is 5.91 Å². The van der Waals surface area contributed by atoms with Crippen molar-refractivity contribution in [2.75, 3.05) is 0 Å². The maximum atomic E-state index is 11.3. The Morgan fingerprint density at radius 1 is 1.29 bits per heavy atom.